The van der Waals surface area contributed by atoms with Crippen molar-refractivity contribution in [2.45, 2.75) is 19.2 Å². The molecule has 1 aromatic rings. The number of rotatable bonds is 5. The van der Waals surface area contributed by atoms with Crippen LogP contribution in [0.15, 0.2) is 18.2 Å². The maximum absolute atomic E-state index is 11.8. The lowest BCUT2D eigenvalue weighted by atomic mass is 10.1. The van der Waals surface area contributed by atoms with Gasteiger partial charge < -0.3 is 5.32 Å². The van der Waals surface area contributed by atoms with E-state index in [9.17, 15) is 14.9 Å². The lowest BCUT2D eigenvalue weighted by Gasteiger charge is -2.14. The van der Waals surface area contributed by atoms with Crippen LogP contribution in [0.2, 0.25) is 5.02 Å². The number of amides is 1. The van der Waals surface area contributed by atoms with E-state index < -0.39 is 10.8 Å². The summed E-state index contributed by atoms with van der Waals surface area (Å²) in [6.45, 7) is 4.17. The minimum Gasteiger partial charge on any atom is -0.351 e. The number of benzene rings is 1. The monoisotopic (exact) mass is 304 g/mol. The number of carbonyl (C=O) groups is 1. The number of nitrogens with one attached hydrogen (secondary N) is 1. The zero-order chi connectivity index (χ0) is 14.6. The molecule has 1 unspecified atom stereocenters. The smallest absolute Gasteiger partial charge is 0.271 e. The van der Waals surface area contributed by atoms with Crippen molar-refractivity contribution in [1.29, 1.82) is 0 Å². The highest BCUT2D eigenvalue weighted by Crippen LogP contribution is 2.21. The second-order valence-corrected chi connectivity index (χ2v) is 5.42. The molecular formula is C12H14Cl2N2O3. The standard InChI is InChI=1S/C12H14Cl2N2O3/c1-7(2)11(14)6-15-12(17)8-3-9(13)5-10(4-8)16(18)19/h3-5,7,11H,6H2,1-2H3,(H,15,17). The van der Waals surface area contributed by atoms with E-state index in [2.05, 4.69) is 5.32 Å². The van der Waals surface area contributed by atoms with E-state index in [1.54, 1.807) is 0 Å². The maximum atomic E-state index is 11.8. The van der Waals surface area contributed by atoms with Crippen LogP contribution in [0.4, 0.5) is 5.69 Å². The van der Waals surface area contributed by atoms with Gasteiger partial charge in [-0.15, -0.1) is 11.6 Å². The average molecular weight is 305 g/mol. The van der Waals surface area contributed by atoms with Gasteiger partial charge in [0.1, 0.15) is 0 Å². The zero-order valence-corrected chi connectivity index (χ0v) is 12.0. The molecule has 0 bridgehead atoms. The number of nitro benzene ring substituents is 1. The number of nitrogens with zero attached hydrogens (tertiary/aromatic N) is 1. The van der Waals surface area contributed by atoms with Crippen molar-refractivity contribution < 1.29 is 9.72 Å². The van der Waals surface area contributed by atoms with Crippen molar-refractivity contribution in [3.63, 3.8) is 0 Å². The molecular weight excluding hydrogens is 291 g/mol. The summed E-state index contributed by atoms with van der Waals surface area (Å²) in [5.41, 5.74) is -0.0734. The van der Waals surface area contributed by atoms with E-state index in [0.29, 0.717) is 6.54 Å². The van der Waals surface area contributed by atoms with Gasteiger partial charge in [-0.3, -0.25) is 14.9 Å². The zero-order valence-electron chi connectivity index (χ0n) is 10.5. The van der Waals surface area contributed by atoms with Crippen molar-refractivity contribution in [2.24, 2.45) is 5.92 Å². The normalized spacial score (nSPS) is 12.3. The first kappa shape index (κ1) is 15.7. The molecule has 0 aromatic heterocycles. The molecule has 0 fully saturated rings. The Kier molecular flexibility index (Phi) is 5.57. The SMILES string of the molecule is CC(C)C(Cl)CNC(=O)c1cc(Cl)cc([N+](=O)[O-])c1. The van der Waals surface area contributed by atoms with Gasteiger partial charge in [0.2, 0.25) is 0 Å². The van der Waals surface area contributed by atoms with Gasteiger partial charge in [0, 0.05) is 29.3 Å². The van der Waals surface area contributed by atoms with Crippen molar-refractivity contribution in [3.8, 4) is 0 Å². The van der Waals surface area contributed by atoms with Crippen molar-refractivity contribution >= 4 is 34.8 Å². The summed E-state index contributed by atoms with van der Waals surface area (Å²) in [5, 5.41) is 13.2. The molecule has 0 aliphatic rings. The van der Waals surface area contributed by atoms with E-state index in [4.69, 9.17) is 23.2 Å². The summed E-state index contributed by atoms with van der Waals surface area (Å²) < 4.78 is 0. The lowest BCUT2D eigenvalue weighted by molar-refractivity contribution is -0.384. The fourth-order valence-electron chi connectivity index (χ4n) is 1.34. The molecule has 0 heterocycles. The maximum Gasteiger partial charge on any atom is 0.271 e. The predicted octanol–water partition coefficient (Wildman–Crippen LogP) is 3.24. The van der Waals surface area contributed by atoms with E-state index in [-0.39, 0.29) is 27.6 Å². The van der Waals surface area contributed by atoms with E-state index in [1.165, 1.54) is 18.2 Å². The van der Waals surface area contributed by atoms with E-state index in [1.807, 2.05) is 13.8 Å². The molecule has 0 spiro atoms. The van der Waals surface area contributed by atoms with Crippen LogP contribution < -0.4 is 5.32 Å². The highest BCUT2D eigenvalue weighted by Gasteiger charge is 2.16. The minimum atomic E-state index is -0.596. The Labute approximate surface area is 121 Å². The van der Waals surface area contributed by atoms with Crippen LogP contribution in [-0.2, 0) is 0 Å². The van der Waals surface area contributed by atoms with Crippen LogP contribution in [0.3, 0.4) is 0 Å². The van der Waals surface area contributed by atoms with Gasteiger partial charge in [-0.2, -0.15) is 0 Å². The van der Waals surface area contributed by atoms with Crippen molar-refractivity contribution in [3.05, 3.63) is 38.9 Å². The molecule has 19 heavy (non-hydrogen) atoms. The lowest BCUT2D eigenvalue weighted by Crippen LogP contribution is -2.32. The van der Waals surface area contributed by atoms with Crippen LogP contribution in [0.5, 0.6) is 0 Å². The predicted molar refractivity (Wildman–Crippen MR) is 74.9 cm³/mol. The molecule has 7 heteroatoms. The topological polar surface area (TPSA) is 72.2 Å². The van der Waals surface area contributed by atoms with Crippen LogP contribution >= 0.6 is 23.2 Å². The molecule has 104 valence electrons. The van der Waals surface area contributed by atoms with Gasteiger partial charge in [-0.25, -0.2) is 0 Å². The Hall–Kier alpha value is -1.33. The first-order chi connectivity index (χ1) is 8.81. The number of halogens is 2. The van der Waals surface area contributed by atoms with Gasteiger partial charge in [-0.05, 0) is 12.0 Å². The van der Waals surface area contributed by atoms with Gasteiger partial charge in [0.05, 0.1) is 10.3 Å². The highest BCUT2D eigenvalue weighted by molar-refractivity contribution is 6.31. The van der Waals surface area contributed by atoms with Gasteiger partial charge in [-0.1, -0.05) is 25.4 Å². The summed E-state index contributed by atoms with van der Waals surface area (Å²) in [6.07, 6.45) is 0. The van der Waals surface area contributed by atoms with E-state index in [0.717, 1.165) is 0 Å². The van der Waals surface area contributed by atoms with Crippen molar-refractivity contribution in [1.82, 2.24) is 5.32 Å². The second kappa shape index (κ2) is 6.73. The quantitative estimate of drug-likeness (QED) is 0.515. The third-order valence-corrected chi connectivity index (χ3v) is 3.41. The third-order valence-electron chi connectivity index (χ3n) is 2.54. The third kappa shape index (κ3) is 4.69. The number of hydrogen-bond donors (Lipinski definition) is 1. The summed E-state index contributed by atoms with van der Waals surface area (Å²) >= 11 is 11.8. The van der Waals surface area contributed by atoms with Crippen LogP contribution in [0.25, 0.3) is 0 Å². The number of nitro groups is 1. The van der Waals surface area contributed by atoms with Crippen LogP contribution in [0.1, 0.15) is 24.2 Å². The number of hydrogen-bond acceptors (Lipinski definition) is 3. The minimum absolute atomic E-state index is 0.144. The first-order valence-corrected chi connectivity index (χ1v) is 6.50. The molecule has 0 aliphatic heterocycles. The Morgan fingerprint density at radius 2 is 2.05 bits per heavy atom. The van der Waals surface area contributed by atoms with Gasteiger partial charge in [0.15, 0.2) is 0 Å². The van der Waals surface area contributed by atoms with Gasteiger partial charge >= 0.3 is 0 Å². The Morgan fingerprint density at radius 1 is 1.42 bits per heavy atom. The summed E-state index contributed by atoms with van der Waals surface area (Å²) in [5.74, 6) is -0.215. The molecule has 1 N–H and O–H groups in total. The summed E-state index contributed by atoms with van der Waals surface area (Å²) in [6, 6.07) is 3.75. The highest BCUT2D eigenvalue weighted by atomic mass is 35.5. The van der Waals surface area contributed by atoms with Crippen LogP contribution in [0, 0.1) is 16.0 Å². The first-order valence-electron chi connectivity index (χ1n) is 5.68. The Bertz CT molecular complexity index is 492. The second-order valence-electron chi connectivity index (χ2n) is 4.43. The molecule has 1 atom stereocenters. The molecule has 0 radical (unpaired) electrons. The van der Waals surface area contributed by atoms with Gasteiger partial charge in [0.25, 0.3) is 11.6 Å². The number of alkyl halides is 1. The fourth-order valence-corrected chi connectivity index (χ4v) is 1.65. The Morgan fingerprint density at radius 3 is 2.58 bits per heavy atom. The average Bonchev–Trinajstić information content (AvgIpc) is 2.34. The fraction of sp³-hybridized carbons (Fsp3) is 0.417. The summed E-state index contributed by atoms with van der Waals surface area (Å²) in [4.78, 5) is 21.9. The van der Waals surface area contributed by atoms with Crippen molar-refractivity contribution in [2.75, 3.05) is 6.54 Å². The Balaban J connectivity index is 2.80. The number of carbonyl (C=O) groups excluding carboxylic acids is 1. The largest absolute Gasteiger partial charge is 0.351 e. The van der Waals surface area contributed by atoms with Crippen LogP contribution in [-0.4, -0.2) is 22.8 Å². The molecule has 0 saturated heterocycles. The molecule has 1 rings (SSSR count). The molecule has 1 aromatic carbocycles. The molecule has 1 amide bonds. The summed E-state index contributed by atoms with van der Waals surface area (Å²) in [7, 11) is 0. The molecule has 0 saturated carbocycles. The number of non-ortho nitro benzene ring substituents is 1. The molecule has 0 aliphatic carbocycles. The molecule has 5 nitrogen and oxygen atoms in total. The van der Waals surface area contributed by atoms with E-state index >= 15 is 0 Å².